The Morgan fingerprint density at radius 3 is 2.65 bits per heavy atom. The molecule has 5 rings (SSSR count). The summed E-state index contributed by atoms with van der Waals surface area (Å²) in [6.45, 7) is 7.80. The van der Waals surface area contributed by atoms with Crippen LogP contribution in [0, 0.1) is 12.7 Å². The fourth-order valence-electron chi connectivity index (χ4n) is 4.73. The molecule has 1 fully saturated rings. The summed E-state index contributed by atoms with van der Waals surface area (Å²) < 4.78 is 21.4. The average molecular weight is 463 g/mol. The molecule has 3 aromatic heterocycles. The lowest BCUT2D eigenvalue weighted by Crippen LogP contribution is -2.54. The van der Waals surface area contributed by atoms with Crippen LogP contribution in [0.5, 0.6) is 5.88 Å². The molecule has 4 aromatic rings. The van der Waals surface area contributed by atoms with E-state index in [0.717, 1.165) is 24.2 Å². The van der Waals surface area contributed by atoms with Crippen molar-refractivity contribution in [2.75, 3.05) is 30.4 Å². The van der Waals surface area contributed by atoms with E-state index in [1.165, 1.54) is 6.07 Å². The number of rotatable bonds is 4. The molecule has 1 aliphatic heterocycles. The highest BCUT2D eigenvalue weighted by Gasteiger charge is 2.24. The van der Waals surface area contributed by atoms with Crippen LogP contribution in [0.15, 0.2) is 42.7 Å². The van der Waals surface area contributed by atoms with Gasteiger partial charge in [0.15, 0.2) is 11.5 Å². The quantitative estimate of drug-likeness (QED) is 0.480. The van der Waals surface area contributed by atoms with Crippen LogP contribution in [-0.2, 0) is 0 Å². The number of aromatic nitrogens is 3. The number of amides is 1. The van der Waals surface area contributed by atoms with Gasteiger partial charge in [-0.2, -0.15) is 0 Å². The van der Waals surface area contributed by atoms with E-state index in [2.05, 4.69) is 39.3 Å². The van der Waals surface area contributed by atoms with Gasteiger partial charge < -0.3 is 24.7 Å². The zero-order chi connectivity index (χ0) is 24.0. The van der Waals surface area contributed by atoms with E-state index >= 15 is 0 Å². The Kier molecular flexibility index (Phi) is 5.57. The van der Waals surface area contributed by atoms with Crippen molar-refractivity contribution in [2.24, 2.45) is 0 Å². The Hall–Kier alpha value is -3.72. The molecular weight excluding hydrogens is 435 g/mol. The summed E-state index contributed by atoms with van der Waals surface area (Å²) in [5, 5.41) is 7.22. The van der Waals surface area contributed by atoms with Crippen molar-refractivity contribution in [3.8, 4) is 5.88 Å². The molecular formula is C25H27FN6O2. The van der Waals surface area contributed by atoms with Crippen molar-refractivity contribution in [2.45, 2.75) is 32.9 Å². The number of pyridine rings is 2. The van der Waals surface area contributed by atoms with Gasteiger partial charge in [0.1, 0.15) is 0 Å². The minimum absolute atomic E-state index is 0.219. The second kappa shape index (κ2) is 8.57. The number of piperazine rings is 1. The normalized spacial score (nSPS) is 18.4. The second-order valence-corrected chi connectivity index (χ2v) is 8.90. The molecule has 176 valence electrons. The van der Waals surface area contributed by atoms with E-state index < -0.39 is 5.82 Å². The first-order chi connectivity index (χ1) is 16.3. The molecule has 2 N–H and O–H groups in total. The zero-order valence-electron chi connectivity index (χ0n) is 19.6. The summed E-state index contributed by atoms with van der Waals surface area (Å²) in [6.07, 6.45) is 3.35. The smallest absolute Gasteiger partial charge is 0.257 e. The van der Waals surface area contributed by atoms with Gasteiger partial charge in [-0.25, -0.2) is 14.4 Å². The highest BCUT2D eigenvalue weighted by Crippen LogP contribution is 2.32. The lowest BCUT2D eigenvalue weighted by molar-refractivity contribution is 0.102. The van der Waals surface area contributed by atoms with Gasteiger partial charge in [0, 0.05) is 60.8 Å². The first-order valence-corrected chi connectivity index (χ1v) is 11.3. The van der Waals surface area contributed by atoms with E-state index in [-0.39, 0.29) is 11.6 Å². The molecule has 1 aliphatic rings. The number of hydrogen-bond acceptors (Lipinski definition) is 6. The Morgan fingerprint density at radius 2 is 1.91 bits per heavy atom. The average Bonchev–Trinajstić information content (AvgIpc) is 3.18. The lowest BCUT2D eigenvalue weighted by Gasteiger charge is -2.38. The van der Waals surface area contributed by atoms with E-state index in [9.17, 15) is 9.18 Å². The van der Waals surface area contributed by atoms with Crippen LogP contribution in [0.3, 0.4) is 0 Å². The fraction of sp³-hybridized carbons (Fsp3) is 0.320. The van der Waals surface area contributed by atoms with Crippen molar-refractivity contribution in [3.63, 3.8) is 0 Å². The van der Waals surface area contributed by atoms with Gasteiger partial charge in [-0.1, -0.05) is 0 Å². The lowest BCUT2D eigenvalue weighted by atomic mass is 10.0. The summed E-state index contributed by atoms with van der Waals surface area (Å²) in [5.41, 5.74) is 3.18. The third kappa shape index (κ3) is 4.03. The summed E-state index contributed by atoms with van der Waals surface area (Å²) in [6, 6.07) is 9.41. The van der Waals surface area contributed by atoms with Crippen LogP contribution in [0.1, 0.15) is 29.9 Å². The Balaban J connectivity index is 1.54. The summed E-state index contributed by atoms with van der Waals surface area (Å²) in [7, 11) is 1.54. The van der Waals surface area contributed by atoms with Gasteiger partial charge in [0.2, 0.25) is 5.88 Å². The van der Waals surface area contributed by atoms with Gasteiger partial charge >= 0.3 is 0 Å². The van der Waals surface area contributed by atoms with Crippen molar-refractivity contribution < 1.29 is 13.9 Å². The zero-order valence-corrected chi connectivity index (χ0v) is 19.6. The van der Waals surface area contributed by atoms with E-state index in [1.54, 1.807) is 43.0 Å². The van der Waals surface area contributed by atoms with E-state index in [4.69, 9.17) is 4.74 Å². The SMILES string of the molecule is COc1ccc2c(N3C[C@H](C)N[C@@H](C)C3)ccc(C(=O)Nc3cc(F)c4nc(C)cn4c3)c2n1. The van der Waals surface area contributed by atoms with Gasteiger partial charge in [-0.15, -0.1) is 0 Å². The number of methoxy groups -OCH3 is 1. The number of benzene rings is 1. The Bertz CT molecular complexity index is 1390. The Morgan fingerprint density at radius 1 is 1.15 bits per heavy atom. The maximum absolute atomic E-state index is 14.5. The molecule has 4 heterocycles. The molecule has 0 unspecified atom stereocenters. The standard InChI is InChI=1S/C25H27FN6O2/c1-14-10-31(11-15(2)27-14)21-7-5-19(23-18(21)6-8-22(30-23)34-4)25(33)29-17-9-20(26)24-28-16(3)12-32(24)13-17/h5-9,12-15,27H,10-11H2,1-4H3,(H,29,33)/t14-,15-/m0/s1. The molecule has 0 bridgehead atoms. The second-order valence-electron chi connectivity index (χ2n) is 8.90. The molecule has 2 atom stereocenters. The van der Waals surface area contributed by atoms with Crippen LogP contribution in [0.4, 0.5) is 15.8 Å². The van der Waals surface area contributed by atoms with E-state index in [1.807, 2.05) is 12.1 Å². The Labute approximate surface area is 196 Å². The van der Waals surface area contributed by atoms with Crippen molar-refractivity contribution >= 4 is 33.8 Å². The molecule has 8 nitrogen and oxygen atoms in total. The first-order valence-electron chi connectivity index (χ1n) is 11.3. The van der Waals surface area contributed by atoms with Crippen LogP contribution < -0.4 is 20.3 Å². The molecule has 9 heteroatoms. The first kappa shape index (κ1) is 22.1. The van der Waals surface area contributed by atoms with Gasteiger partial charge in [0.25, 0.3) is 5.91 Å². The number of nitrogens with one attached hydrogen (secondary N) is 2. The number of nitrogens with zero attached hydrogens (tertiary/aromatic N) is 4. The maximum Gasteiger partial charge on any atom is 0.257 e. The number of anilines is 2. The van der Waals surface area contributed by atoms with Crippen molar-refractivity contribution in [1.29, 1.82) is 0 Å². The highest BCUT2D eigenvalue weighted by molar-refractivity contribution is 6.14. The third-order valence-corrected chi connectivity index (χ3v) is 6.05. The van der Waals surface area contributed by atoms with Crippen molar-refractivity contribution in [3.05, 3.63) is 59.8 Å². The van der Waals surface area contributed by atoms with Crippen LogP contribution >= 0.6 is 0 Å². The van der Waals surface area contributed by atoms with Gasteiger partial charge in [-0.3, -0.25) is 4.79 Å². The predicted molar refractivity (Wildman–Crippen MR) is 130 cm³/mol. The number of hydrogen-bond donors (Lipinski definition) is 2. The number of carbonyl (C=O) groups is 1. The number of carbonyl (C=O) groups excluding carboxylic acids is 1. The predicted octanol–water partition coefficient (Wildman–Crippen LogP) is 3.78. The maximum atomic E-state index is 14.5. The summed E-state index contributed by atoms with van der Waals surface area (Å²) in [5.74, 6) is -0.468. The van der Waals surface area contributed by atoms with Gasteiger partial charge in [-0.05, 0) is 39.0 Å². The van der Waals surface area contributed by atoms with E-state index in [0.29, 0.717) is 40.4 Å². The summed E-state index contributed by atoms with van der Waals surface area (Å²) >= 11 is 0. The van der Waals surface area contributed by atoms with Crippen LogP contribution in [-0.4, -0.2) is 52.6 Å². The monoisotopic (exact) mass is 462 g/mol. The van der Waals surface area contributed by atoms with Crippen molar-refractivity contribution in [1.82, 2.24) is 19.7 Å². The number of fused-ring (bicyclic) bond motifs is 2. The number of aryl methyl sites for hydroxylation is 1. The minimum Gasteiger partial charge on any atom is -0.481 e. The number of ether oxygens (including phenoxy) is 1. The number of imidazole rings is 1. The molecule has 0 saturated carbocycles. The fourth-order valence-corrected chi connectivity index (χ4v) is 4.73. The number of halogens is 1. The summed E-state index contributed by atoms with van der Waals surface area (Å²) in [4.78, 5) is 24.4. The van der Waals surface area contributed by atoms with Crippen LogP contribution in [0.25, 0.3) is 16.6 Å². The van der Waals surface area contributed by atoms with Gasteiger partial charge in [0.05, 0.1) is 29.6 Å². The van der Waals surface area contributed by atoms with Crippen LogP contribution in [0.2, 0.25) is 0 Å². The molecule has 1 saturated heterocycles. The molecule has 0 aliphatic carbocycles. The molecule has 1 amide bonds. The topological polar surface area (TPSA) is 83.8 Å². The highest BCUT2D eigenvalue weighted by atomic mass is 19.1. The largest absolute Gasteiger partial charge is 0.481 e. The molecule has 34 heavy (non-hydrogen) atoms. The minimum atomic E-state index is -0.507. The molecule has 1 aromatic carbocycles. The molecule has 0 spiro atoms. The third-order valence-electron chi connectivity index (χ3n) is 6.05. The molecule has 0 radical (unpaired) electrons.